The van der Waals surface area contributed by atoms with Crippen molar-refractivity contribution in [3.05, 3.63) is 187 Å². The lowest BCUT2D eigenvalue weighted by molar-refractivity contribution is 0.661. The zero-order valence-corrected chi connectivity index (χ0v) is 31.0. The number of aromatic nitrogens is 2. The molecule has 0 saturated heterocycles. The van der Waals surface area contributed by atoms with E-state index < -0.39 is 7.53 Å². The summed E-state index contributed by atoms with van der Waals surface area (Å²) in [6.45, 7) is 4.76. The van der Waals surface area contributed by atoms with Gasteiger partial charge < -0.3 is 9.13 Å². The van der Waals surface area contributed by atoms with Crippen molar-refractivity contribution in [2.75, 3.05) is 0 Å². The molecule has 3 heterocycles. The van der Waals surface area contributed by atoms with Gasteiger partial charge in [-0.15, -0.1) is 0 Å². The molecule has 0 N–H and O–H groups in total. The molecule has 3 heteroatoms. The van der Waals surface area contributed by atoms with Crippen LogP contribution in [0, 0.1) is 0 Å². The Morgan fingerprint density at radius 1 is 0.370 bits per heavy atom. The number of rotatable bonds is 3. The Morgan fingerprint density at radius 3 is 1.48 bits per heavy atom. The molecule has 0 spiro atoms. The summed E-state index contributed by atoms with van der Waals surface area (Å²) < 4.78 is 4.97. The average molecular weight is 707 g/mol. The van der Waals surface area contributed by atoms with Crippen LogP contribution in [0.4, 0.5) is 0 Å². The van der Waals surface area contributed by atoms with Gasteiger partial charge in [-0.05, 0) is 105 Å². The Balaban J connectivity index is 1.16. The Hall–Kier alpha value is -6.34. The fraction of sp³-hybridized carbons (Fsp3) is 0.0588. The summed E-state index contributed by atoms with van der Waals surface area (Å²) in [4.78, 5) is 0. The molecule has 1 unspecified atom stereocenters. The maximum Gasteiger partial charge on any atom is 0.0544 e. The van der Waals surface area contributed by atoms with Crippen LogP contribution in [0.25, 0.3) is 92.4 Å². The molecule has 254 valence electrons. The number of hydrogen-bond acceptors (Lipinski definition) is 0. The summed E-state index contributed by atoms with van der Waals surface area (Å²) in [7, 11) is -0.712. The highest BCUT2D eigenvalue weighted by molar-refractivity contribution is 7.67. The van der Waals surface area contributed by atoms with E-state index in [1.807, 2.05) is 0 Å². The van der Waals surface area contributed by atoms with Crippen LogP contribution in [0.3, 0.4) is 0 Å². The van der Waals surface area contributed by atoms with E-state index in [4.69, 9.17) is 0 Å². The molecule has 0 amide bonds. The van der Waals surface area contributed by atoms with E-state index in [2.05, 4.69) is 199 Å². The van der Waals surface area contributed by atoms with Crippen LogP contribution in [-0.2, 0) is 5.41 Å². The number of fused-ring (bicyclic) bond motifs is 12. The first-order valence-electron chi connectivity index (χ1n) is 18.9. The minimum Gasteiger partial charge on any atom is -0.309 e. The van der Waals surface area contributed by atoms with Crippen LogP contribution in [0.5, 0.6) is 0 Å². The van der Waals surface area contributed by atoms with E-state index in [0.717, 1.165) is 0 Å². The Labute approximate surface area is 314 Å². The van der Waals surface area contributed by atoms with Gasteiger partial charge in [-0.25, -0.2) is 0 Å². The average Bonchev–Trinajstić information content (AvgIpc) is 3.91. The van der Waals surface area contributed by atoms with Gasteiger partial charge in [-0.3, -0.25) is 0 Å². The SMILES string of the molecule is CC1(C)c2ccccc2-c2cc3c4ccccc4n(-c4ccc5c(c4)c4cc(-n6c7ccccc7c7ccccc76)ccc4p5-c4ccccc4)c3cc21. The molecule has 1 aliphatic carbocycles. The Morgan fingerprint density at radius 2 is 0.870 bits per heavy atom. The zero-order valence-electron chi connectivity index (χ0n) is 30.1. The molecule has 54 heavy (non-hydrogen) atoms. The van der Waals surface area contributed by atoms with Crippen LogP contribution in [0.2, 0.25) is 0 Å². The van der Waals surface area contributed by atoms with Crippen molar-refractivity contribution in [1.29, 1.82) is 0 Å². The van der Waals surface area contributed by atoms with Gasteiger partial charge in [0.15, 0.2) is 0 Å². The van der Waals surface area contributed by atoms with Crippen molar-refractivity contribution in [3.63, 3.8) is 0 Å². The van der Waals surface area contributed by atoms with Crippen molar-refractivity contribution >= 4 is 72.2 Å². The summed E-state index contributed by atoms with van der Waals surface area (Å²) in [6.07, 6.45) is 0. The molecule has 0 saturated carbocycles. The number of benzene rings is 8. The molecular weight excluding hydrogens is 672 g/mol. The highest BCUT2D eigenvalue weighted by Crippen LogP contribution is 2.56. The molecular formula is C51H35N2P. The van der Waals surface area contributed by atoms with Gasteiger partial charge in [0.25, 0.3) is 0 Å². The highest BCUT2D eigenvalue weighted by atomic mass is 31.1. The first kappa shape index (κ1) is 30.2. The van der Waals surface area contributed by atoms with Gasteiger partial charge in [0.1, 0.15) is 0 Å². The zero-order chi connectivity index (χ0) is 35.7. The van der Waals surface area contributed by atoms with Crippen LogP contribution < -0.4 is 0 Å². The van der Waals surface area contributed by atoms with Gasteiger partial charge in [-0.1, -0.05) is 131 Å². The second kappa shape index (κ2) is 10.9. The quantitative estimate of drug-likeness (QED) is 0.173. The second-order valence-corrected chi connectivity index (χ2v) is 17.5. The summed E-state index contributed by atoms with van der Waals surface area (Å²) >= 11 is 0. The monoisotopic (exact) mass is 706 g/mol. The van der Waals surface area contributed by atoms with Crippen LogP contribution in [-0.4, -0.2) is 9.13 Å². The lowest BCUT2D eigenvalue weighted by Gasteiger charge is -2.21. The minimum absolute atomic E-state index is 0.0764. The number of para-hydroxylation sites is 3. The van der Waals surface area contributed by atoms with E-state index in [1.165, 1.54) is 104 Å². The predicted molar refractivity (Wildman–Crippen MR) is 232 cm³/mol. The summed E-state index contributed by atoms with van der Waals surface area (Å²) in [6, 6.07) is 66.1. The number of hydrogen-bond donors (Lipinski definition) is 0. The van der Waals surface area contributed by atoms with Crippen molar-refractivity contribution in [1.82, 2.24) is 9.13 Å². The van der Waals surface area contributed by atoms with Crippen LogP contribution >= 0.6 is 7.53 Å². The first-order chi connectivity index (χ1) is 26.6. The maximum atomic E-state index is 2.52. The molecule has 3 aromatic heterocycles. The van der Waals surface area contributed by atoms with Gasteiger partial charge in [0.2, 0.25) is 0 Å². The first-order valence-corrected chi connectivity index (χ1v) is 20.2. The van der Waals surface area contributed by atoms with E-state index >= 15 is 0 Å². The van der Waals surface area contributed by atoms with Gasteiger partial charge >= 0.3 is 0 Å². The lowest BCUT2D eigenvalue weighted by atomic mass is 9.82. The van der Waals surface area contributed by atoms with E-state index in [1.54, 1.807) is 0 Å². The topological polar surface area (TPSA) is 9.86 Å². The van der Waals surface area contributed by atoms with Gasteiger partial charge in [0.05, 0.1) is 22.1 Å². The lowest BCUT2D eigenvalue weighted by Crippen LogP contribution is -2.14. The van der Waals surface area contributed by atoms with Crippen molar-refractivity contribution in [2.24, 2.45) is 0 Å². The highest BCUT2D eigenvalue weighted by Gasteiger charge is 2.36. The molecule has 0 aliphatic heterocycles. The molecule has 12 rings (SSSR count). The van der Waals surface area contributed by atoms with E-state index in [-0.39, 0.29) is 5.41 Å². The fourth-order valence-electron chi connectivity index (χ4n) is 9.77. The third-order valence-corrected chi connectivity index (χ3v) is 14.8. The molecule has 0 bridgehead atoms. The fourth-order valence-corrected chi connectivity index (χ4v) is 12.4. The van der Waals surface area contributed by atoms with Crippen molar-refractivity contribution in [2.45, 2.75) is 19.3 Å². The summed E-state index contributed by atoms with van der Waals surface area (Å²) in [5.74, 6) is 0. The maximum absolute atomic E-state index is 2.52. The Kier molecular flexibility index (Phi) is 6.06. The molecule has 8 aromatic carbocycles. The number of nitrogens with zero attached hydrogens (tertiary/aromatic N) is 2. The second-order valence-electron chi connectivity index (χ2n) is 15.4. The Bertz CT molecular complexity index is 3300. The molecule has 1 aliphatic rings. The molecule has 0 radical (unpaired) electrons. The predicted octanol–water partition coefficient (Wildman–Crippen LogP) is 14.5. The standard InChI is InChI=1S/C51H35N2P/c1-51(2)43-20-10-6-16-35(43)39-30-40-38-19-9-13-23-47(38)53(48(40)31-44(39)51)33-25-27-50-42(29-33)41-28-32(24-26-49(41)54(50)34-14-4-3-5-15-34)52-45-21-11-7-17-36(45)37-18-8-12-22-46(37)52/h3-31H,1-2H3. The normalized spacial score (nSPS) is 13.9. The third kappa shape index (κ3) is 3.96. The largest absolute Gasteiger partial charge is 0.309 e. The minimum atomic E-state index is -0.712. The van der Waals surface area contributed by atoms with Gasteiger partial charge in [0, 0.05) is 48.6 Å². The molecule has 11 aromatic rings. The summed E-state index contributed by atoms with van der Waals surface area (Å²) in [5.41, 5.74) is 12.8. The third-order valence-electron chi connectivity index (χ3n) is 12.2. The van der Waals surface area contributed by atoms with E-state index in [9.17, 15) is 0 Å². The van der Waals surface area contributed by atoms with Crippen LogP contribution in [0.15, 0.2) is 176 Å². The van der Waals surface area contributed by atoms with E-state index in [0.29, 0.717) is 0 Å². The molecule has 2 nitrogen and oxygen atoms in total. The van der Waals surface area contributed by atoms with Crippen molar-refractivity contribution < 1.29 is 0 Å². The molecule has 0 fully saturated rings. The van der Waals surface area contributed by atoms with Crippen LogP contribution in [0.1, 0.15) is 25.0 Å². The molecule has 1 atom stereocenters. The summed E-state index contributed by atoms with van der Waals surface area (Å²) in [5, 5.41) is 12.1. The smallest absolute Gasteiger partial charge is 0.0544 e. The van der Waals surface area contributed by atoms with Crippen molar-refractivity contribution in [3.8, 4) is 27.8 Å². The van der Waals surface area contributed by atoms with Gasteiger partial charge in [-0.2, -0.15) is 0 Å².